The molecule has 2 aromatic carbocycles. The quantitative estimate of drug-likeness (QED) is 0.859. The van der Waals surface area contributed by atoms with Gasteiger partial charge in [0.15, 0.2) is 0 Å². The third kappa shape index (κ3) is 1.94. The van der Waals surface area contributed by atoms with Crippen molar-refractivity contribution in [2.24, 2.45) is 0 Å². The standard InChI is InChI=1S/C12H7ClO4/c13-10-8(12(16)17)4-3-6-1-2-7(11(14)15)5-9(6)10/h1-5H,(H,14,15)(H,16,17). The van der Waals surface area contributed by atoms with E-state index in [2.05, 4.69) is 0 Å². The van der Waals surface area contributed by atoms with Gasteiger partial charge in [-0.1, -0.05) is 23.7 Å². The van der Waals surface area contributed by atoms with Crippen molar-refractivity contribution in [2.45, 2.75) is 0 Å². The van der Waals surface area contributed by atoms with E-state index >= 15 is 0 Å². The number of aromatic carboxylic acids is 2. The Morgan fingerprint density at radius 1 is 1.00 bits per heavy atom. The molecule has 0 atom stereocenters. The molecule has 2 rings (SSSR count). The summed E-state index contributed by atoms with van der Waals surface area (Å²) in [6, 6.07) is 7.40. The fourth-order valence-corrected chi connectivity index (χ4v) is 1.89. The van der Waals surface area contributed by atoms with Crippen LogP contribution < -0.4 is 0 Å². The van der Waals surface area contributed by atoms with Crippen LogP contribution in [0.4, 0.5) is 0 Å². The van der Waals surface area contributed by atoms with Gasteiger partial charge in [-0.3, -0.25) is 0 Å². The van der Waals surface area contributed by atoms with Gasteiger partial charge in [-0.15, -0.1) is 0 Å². The summed E-state index contributed by atoms with van der Waals surface area (Å²) in [5.41, 5.74) is 0.0312. The molecule has 0 spiro atoms. The molecule has 0 aliphatic heterocycles. The second-order valence-corrected chi connectivity index (χ2v) is 3.85. The number of halogens is 1. The summed E-state index contributed by atoms with van der Waals surface area (Å²) in [4.78, 5) is 21.7. The Labute approximate surface area is 101 Å². The number of hydrogen-bond acceptors (Lipinski definition) is 2. The number of carboxylic acid groups (broad SMARTS) is 2. The fraction of sp³-hybridized carbons (Fsp3) is 0. The molecule has 0 aromatic heterocycles. The first-order chi connectivity index (χ1) is 8.00. The third-order valence-electron chi connectivity index (χ3n) is 2.43. The lowest BCUT2D eigenvalue weighted by Gasteiger charge is -2.05. The van der Waals surface area contributed by atoms with Crippen LogP contribution >= 0.6 is 11.6 Å². The number of fused-ring (bicyclic) bond motifs is 1. The van der Waals surface area contributed by atoms with Crippen LogP contribution in [-0.2, 0) is 0 Å². The summed E-state index contributed by atoms with van der Waals surface area (Å²) >= 11 is 5.94. The molecule has 0 fully saturated rings. The molecular weight excluding hydrogens is 244 g/mol. The van der Waals surface area contributed by atoms with Crippen LogP contribution in [0.15, 0.2) is 30.3 Å². The van der Waals surface area contributed by atoms with Crippen molar-refractivity contribution in [3.8, 4) is 0 Å². The molecular formula is C12H7ClO4. The largest absolute Gasteiger partial charge is 0.478 e. The van der Waals surface area contributed by atoms with E-state index in [1.165, 1.54) is 18.2 Å². The number of hydrogen-bond donors (Lipinski definition) is 2. The van der Waals surface area contributed by atoms with Gasteiger partial charge in [0.05, 0.1) is 16.1 Å². The van der Waals surface area contributed by atoms with Crippen molar-refractivity contribution < 1.29 is 19.8 Å². The van der Waals surface area contributed by atoms with Crippen molar-refractivity contribution in [2.75, 3.05) is 0 Å². The van der Waals surface area contributed by atoms with E-state index in [4.69, 9.17) is 21.8 Å². The van der Waals surface area contributed by atoms with Crippen molar-refractivity contribution in [3.63, 3.8) is 0 Å². The van der Waals surface area contributed by atoms with Crippen LogP contribution in [-0.4, -0.2) is 22.2 Å². The first kappa shape index (κ1) is 11.4. The van der Waals surface area contributed by atoms with Crippen LogP contribution in [0.2, 0.25) is 5.02 Å². The molecule has 86 valence electrons. The summed E-state index contributed by atoms with van der Waals surface area (Å²) in [5, 5.41) is 18.9. The molecule has 0 radical (unpaired) electrons. The van der Waals surface area contributed by atoms with Gasteiger partial charge < -0.3 is 10.2 Å². The van der Waals surface area contributed by atoms with Crippen LogP contribution in [0.3, 0.4) is 0 Å². The predicted molar refractivity (Wildman–Crippen MR) is 62.9 cm³/mol. The number of benzene rings is 2. The molecule has 17 heavy (non-hydrogen) atoms. The Morgan fingerprint density at radius 3 is 2.24 bits per heavy atom. The van der Waals surface area contributed by atoms with Crippen LogP contribution in [0.25, 0.3) is 10.8 Å². The first-order valence-corrected chi connectivity index (χ1v) is 5.07. The topological polar surface area (TPSA) is 74.6 Å². The average molecular weight is 251 g/mol. The zero-order valence-electron chi connectivity index (χ0n) is 8.48. The Morgan fingerprint density at radius 2 is 1.65 bits per heavy atom. The second-order valence-electron chi connectivity index (χ2n) is 3.47. The van der Waals surface area contributed by atoms with E-state index in [1.54, 1.807) is 12.1 Å². The Bertz CT molecular complexity index is 628. The molecule has 2 aromatic rings. The van der Waals surface area contributed by atoms with E-state index in [1.807, 2.05) is 0 Å². The third-order valence-corrected chi connectivity index (χ3v) is 2.84. The van der Waals surface area contributed by atoms with Crippen molar-refractivity contribution in [1.29, 1.82) is 0 Å². The minimum Gasteiger partial charge on any atom is -0.478 e. The lowest BCUT2D eigenvalue weighted by atomic mass is 10.0. The minimum absolute atomic E-state index is 0.0401. The first-order valence-electron chi connectivity index (χ1n) is 4.69. The van der Waals surface area contributed by atoms with Crippen LogP contribution in [0.1, 0.15) is 20.7 Å². The van der Waals surface area contributed by atoms with Gasteiger partial charge >= 0.3 is 11.9 Å². The Balaban J connectivity index is 2.78. The predicted octanol–water partition coefficient (Wildman–Crippen LogP) is 2.89. The monoisotopic (exact) mass is 250 g/mol. The van der Waals surface area contributed by atoms with Gasteiger partial charge in [-0.05, 0) is 23.6 Å². The van der Waals surface area contributed by atoms with Crippen LogP contribution in [0.5, 0.6) is 0 Å². The van der Waals surface area contributed by atoms with E-state index in [0.29, 0.717) is 10.8 Å². The lowest BCUT2D eigenvalue weighted by molar-refractivity contribution is 0.0687. The molecule has 0 heterocycles. The van der Waals surface area contributed by atoms with E-state index in [-0.39, 0.29) is 16.1 Å². The molecule has 0 aliphatic carbocycles. The summed E-state index contributed by atoms with van der Waals surface area (Å²) < 4.78 is 0. The number of carboxylic acids is 2. The summed E-state index contributed by atoms with van der Waals surface area (Å²) in [7, 11) is 0. The number of rotatable bonds is 2. The highest BCUT2D eigenvalue weighted by Gasteiger charge is 2.13. The molecule has 2 N–H and O–H groups in total. The van der Waals surface area contributed by atoms with Gasteiger partial charge in [0.1, 0.15) is 0 Å². The highest BCUT2D eigenvalue weighted by Crippen LogP contribution is 2.28. The molecule has 0 aliphatic rings. The molecule has 0 amide bonds. The maximum Gasteiger partial charge on any atom is 0.337 e. The lowest BCUT2D eigenvalue weighted by Crippen LogP contribution is -1.99. The van der Waals surface area contributed by atoms with E-state index in [9.17, 15) is 9.59 Å². The Hall–Kier alpha value is -2.07. The summed E-state index contributed by atoms with van der Waals surface area (Å²) in [5.74, 6) is -2.22. The Kier molecular flexibility index (Phi) is 2.73. The molecule has 0 saturated carbocycles. The zero-order valence-corrected chi connectivity index (χ0v) is 9.23. The fourth-order valence-electron chi connectivity index (χ4n) is 1.58. The molecule has 5 heteroatoms. The van der Waals surface area contributed by atoms with Crippen molar-refractivity contribution in [3.05, 3.63) is 46.5 Å². The minimum atomic E-state index is -1.14. The molecule has 0 saturated heterocycles. The van der Waals surface area contributed by atoms with Crippen molar-refractivity contribution >= 4 is 34.3 Å². The second kappa shape index (κ2) is 4.07. The van der Waals surface area contributed by atoms with Crippen LogP contribution in [0, 0.1) is 0 Å². The van der Waals surface area contributed by atoms with Gasteiger partial charge in [-0.25, -0.2) is 9.59 Å². The smallest absolute Gasteiger partial charge is 0.337 e. The van der Waals surface area contributed by atoms with E-state index in [0.717, 1.165) is 0 Å². The van der Waals surface area contributed by atoms with Gasteiger partial charge in [0, 0.05) is 5.39 Å². The van der Waals surface area contributed by atoms with Gasteiger partial charge in [-0.2, -0.15) is 0 Å². The highest BCUT2D eigenvalue weighted by atomic mass is 35.5. The molecule has 4 nitrogen and oxygen atoms in total. The normalized spacial score (nSPS) is 10.4. The van der Waals surface area contributed by atoms with Gasteiger partial charge in [0.2, 0.25) is 0 Å². The van der Waals surface area contributed by atoms with Gasteiger partial charge in [0.25, 0.3) is 0 Å². The zero-order chi connectivity index (χ0) is 12.6. The summed E-state index contributed by atoms with van der Waals surface area (Å²) in [6.45, 7) is 0. The average Bonchev–Trinajstić information content (AvgIpc) is 2.28. The molecule has 0 bridgehead atoms. The SMILES string of the molecule is O=C(O)c1ccc2ccc(C(=O)O)c(Cl)c2c1. The maximum absolute atomic E-state index is 10.9. The highest BCUT2D eigenvalue weighted by molar-refractivity contribution is 6.38. The van der Waals surface area contributed by atoms with E-state index < -0.39 is 11.9 Å². The van der Waals surface area contributed by atoms with Crippen molar-refractivity contribution in [1.82, 2.24) is 0 Å². The summed E-state index contributed by atoms with van der Waals surface area (Å²) in [6.07, 6.45) is 0. The molecule has 0 unspecified atom stereocenters. The number of carbonyl (C=O) groups is 2. The maximum atomic E-state index is 10.9.